The van der Waals surface area contributed by atoms with Crippen molar-refractivity contribution in [2.75, 3.05) is 4.90 Å². The molecule has 4 rings (SSSR count). The van der Waals surface area contributed by atoms with Crippen LogP contribution in [0.25, 0.3) is 0 Å². The Labute approximate surface area is 180 Å². The summed E-state index contributed by atoms with van der Waals surface area (Å²) in [7, 11) is 0. The second-order valence-corrected chi connectivity index (χ2v) is 8.21. The summed E-state index contributed by atoms with van der Waals surface area (Å²) in [5, 5.41) is 8.75. The van der Waals surface area contributed by atoms with Gasteiger partial charge in [0.25, 0.3) is 5.91 Å². The molecular weight excluding hydrogens is 396 g/mol. The standard InChI is InChI=1S/C23H24N4O2S/c1-16-11-13-19(14-12-16)27(23(29)20-15-30-26-25-20)21(17-7-3-2-4-8-17)22(28)24-18-9-5-6-10-18/h2-4,7-8,11-15,18,21H,5-6,9-10H2,1H3,(H,24,28)/t21-/m1/s1. The number of carbonyl (C=O) groups excluding carboxylic acids is 2. The van der Waals surface area contributed by atoms with Crippen LogP contribution in [0.2, 0.25) is 0 Å². The molecule has 154 valence electrons. The zero-order valence-corrected chi connectivity index (χ0v) is 17.6. The molecule has 6 nitrogen and oxygen atoms in total. The fourth-order valence-electron chi connectivity index (χ4n) is 3.87. The largest absolute Gasteiger partial charge is 0.351 e. The summed E-state index contributed by atoms with van der Waals surface area (Å²) < 4.78 is 3.84. The van der Waals surface area contributed by atoms with Crippen molar-refractivity contribution in [3.63, 3.8) is 0 Å². The van der Waals surface area contributed by atoms with Crippen molar-refractivity contribution in [2.24, 2.45) is 0 Å². The summed E-state index contributed by atoms with van der Waals surface area (Å²) >= 11 is 1.12. The van der Waals surface area contributed by atoms with Crippen molar-refractivity contribution in [2.45, 2.75) is 44.7 Å². The Morgan fingerprint density at radius 2 is 1.77 bits per heavy atom. The van der Waals surface area contributed by atoms with E-state index in [-0.39, 0.29) is 23.6 Å². The smallest absolute Gasteiger partial charge is 0.280 e. The van der Waals surface area contributed by atoms with Crippen LogP contribution >= 0.6 is 11.5 Å². The molecule has 1 aliphatic carbocycles. The lowest BCUT2D eigenvalue weighted by molar-refractivity contribution is -0.123. The van der Waals surface area contributed by atoms with Crippen LogP contribution in [0, 0.1) is 6.92 Å². The fraction of sp³-hybridized carbons (Fsp3) is 0.304. The highest BCUT2D eigenvalue weighted by molar-refractivity contribution is 7.03. The highest BCUT2D eigenvalue weighted by Gasteiger charge is 2.35. The molecule has 0 bridgehead atoms. The van der Waals surface area contributed by atoms with E-state index in [0.29, 0.717) is 5.69 Å². The molecule has 0 radical (unpaired) electrons. The number of nitrogens with one attached hydrogen (secondary N) is 1. The quantitative estimate of drug-likeness (QED) is 0.645. The second kappa shape index (κ2) is 9.17. The molecule has 1 aliphatic rings. The molecule has 1 N–H and O–H groups in total. The third-order valence-corrected chi connectivity index (χ3v) is 5.94. The first-order chi connectivity index (χ1) is 14.6. The molecule has 0 spiro atoms. The molecule has 0 saturated heterocycles. The van der Waals surface area contributed by atoms with Gasteiger partial charge in [-0.05, 0) is 49.0 Å². The van der Waals surface area contributed by atoms with E-state index in [9.17, 15) is 9.59 Å². The summed E-state index contributed by atoms with van der Waals surface area (Å²) in [4.78, 5) is 28.6. The summed E-state index contributed by atoms with van der Waals surface area (Å²) in [5.74, 6) is -0.520. The Balaban J connectivity index is 1.78. The number of anilines is 1. The van der Waals surface area contributed by atoms with Gasteiger partial charge in [-0.2, -0.15) is 0 Å². The van der Waals surface area contributed by atoms with Gasteiger partial charge in [-0.1, -0.05) is 65.4 Å². The number of hydrogen-bond donors (Lipinski definition) is 1. The van der Waals surface area contributed by atoms with E-state index in [1.165, 1.54) is 4.90 Å². The van der Waals surface area contributed by atoms with Gasteiger partial charge in [0.15, 0.2) is 5.69 Å². The molecule has 0 aliphatic heterocycles. The van der Waals surface area contributed by atoms with Gasteiger partial charge in [0, 0.05) is 17.1 Å². The van der Waals surface area contributed by atoms with Gasteiger partial charge < -0.3 is 5.32 Å². The molecule has 0 unspecified atom stereocenters. The lowest BCUT2D eigenvalue weighted by Gasteiger charge is -2.32. The molecule has 1 aromatic heterocycles. The maximum atomic E-state index is 13.5. The Morgan fingerprint density at radius 1 is 1.07 bits per heavy atom. The zero-order valence-electron chi connectivity index (χ0n) is 16.8. The van der Waals surface area contributed by atoms with E-state index in [1.807, 2.05) is 61.5 Å². The minimum absolute atomic E-state index is 0.152. The fourth-order valence-corrected chi connectivity index (χ4v) is 4.30. The van der Waals surface area contributed by atoms with Crippen molar-refractivity contribution < 1.29 is 9.59 Å². The van der Waals surface area contributed by atoms with Crippen LogP contribution in [-0.4, -0.2) is 27.4 Å². The van der Waals surface area contributed by atoms with Gasteiger partial charge in [-0.3, -0.25) is 14.5 Å². The van der Waals surface area contributed by atoms with Crippen LogP contribution in [-0.2, 0) is 4.79 Å². The van der Waals surface area contributed by atoms with Gasteiger partial charge in [-0.25, -0.2) is 0 Å². The van der Waals surface area contributed by atoms with Crippen molar-refractivity contribution >= 4 is 29.0 Å². The normalized spacial score (nSPS) is 15.0. The Kier molecular flexibility index (Phi) is 6.18. The number of aryl methyl sites for hydroxylation is 1. The number of hydrogen-bond acceptors (Lipinski definition) is 5. The summed E-state index contributed by atoms with van der Waals surface area (Å²) in [6, 6.07) is 16.4. The number of benzene rings is 2. The highest BCUT2D eigenvalue weighted by atomic mass is 32.1. The van der Waals surface area contributed by atoms with E-state index in [1.54, 1.807) is 5.38 Å². The van der Waals surface area contributed by atoms with Crippen LogP contribution in [0.4, 0.5) is 5.69 Å². The van der Waals surface area contributed by atoms with Gasteiger partial charge >= 0.3 is 0 Å². The molecule has 1 fully saturated rings. The van der Waals surface area contributed by atoms with Crippen LogP contribution in [0.15, 0.2) is 60.0 Å². The average Bonchev–Trinajstić information content (AvgIpc) is 3.47. The lowest BCUT2D eigenvalue weighted by atomic mass is 10.0. The van der Waals surface area contributed by atoms with E-state index >= 15 is 0 Å². The molecular formula is C23H24N4O2S. The van der Waals surface area contributed by atoms with Crippen LogP contribution in [0.3, 0.4) is 0 Å². The second-order valence-electron chi connectivity index (χ2n) is 7.60. The first kappa shape index (κ1) is 20.2. The van der Waals surface area contributed by atoms with E-state index < -0.39 is 6.04 Å². The average molecular weight is 421 g/mol. The van der Waals surface area contributed by atoms with Gasteiger partial charge in [-0.15, -0.1) is 5.10 Å². The molecule has 2 aromatic carbocycles. The Bertz CT molecular complexity index is 984. The Morgan fingerprint density at radius 3 is 2.40 bits per heavy atom. The van der Waals surface area contributed by atoms with E-state index in [0.717, 1.165) is 48.3 Å². The maximum Gasteiger partial charge on any atom is 0.280 e. The molecule has 30 heavy (non-hydrogen) atoms. The summed E-state index contributed by atoms with van der Waals surface area (Å²) in [5.41, 5.74) is 2.71. The van der Waals surface area contributed by atoms with Crippen molar-refractivity contribution in [1.29, 1.82) is 0 Å². The lowest BCUT2D eigenvalue weighted by Crippen LogP contribution is -2.46. The van der Waals surface area contributed by atoms with Crippen molar-refractivity contribution in [3.05, 3.63) is 76.8 Å². The molecule has 1 heterocycles. The van der Waals surface area contributed by atoms with Crippen LogP contribution in [0.1, 0.15) is 53.3 Å². The SMILES string of the molecule is Cc1ccc(N(C(=O)c2csnn2)[C@@H](C(=O)NC2CCCC2)c2ccccc2)cc1. The molecule has 1 atom stereocenters. The van der Waals surface area contributed by atoms with E-state index in [2.05, 4.69) is 14.9 Å². The van der Waals surface area contributed by atoms with Gasteiger partial charge in [0.05, 0.1) is 0 Å². The number of aromatic nitrogens is 2. The van der Waals surface area contributed by atoms with Crippen LogP contribution in [0.5, 0.6) is 0 Å². The first-order valence-electron chi connectivity index (χ1n) is 10.2. The third kappa shape index (κ3) is 4.41. The monoisotopic (exact) mass is 420 g/mol. The molecule has 2 amide bonds. The molecule has 7 heteroatoms. The van der Waals surface area contributed by atoms with E-state index in [4.69, 9.17) is 0 Å². The topological polar surface area (TPSA) is 75.2 Å². The maximum absolute atomic E-state index is 13.5. The number of nitrogens with zero attached hydrogens (tertiary/aromatic N) is 3. The highest BCUT2D eigenvalue weighted by Crippen LogP contribution is 2.30. The predicted octanol–water partition coefficient (Wildman–Crippen LogP) is 4.29. The van der Waals surface area contributed by atoms with Crippen molar-refractivity contribution in [1.82, 2.24) is 14.9 Å². The Hall–Kier alpha value is -3.06. The van der Waals surface area contributed by atoms with Gasteiger partial charge in [0.2, 0.25) is 5.91 Å². The number of amides is 2. The molecule has 1 saturated carbocycles. The minimum atomic E-state index is -0.802. The van der Waals surface area contributed by atoms with Crippen LogP contribution < -0.4 is 10.2 Å². The first-order valence-corrected chi connectivity index (χ1v) is 11.0. The summed E-state index contributed by atoms with van der Waals surface area (Å²) in [6.07, 6.45) is 4.18. The number of carbonyl (C=O) groups is 2. The molecule has 3 aromatic rings. The van der Waals surface area contributed by atoms with Crippen molar-refractivity contribution in [3.8, 4) is 0 Å². The number of rotatable bonds is 6. The van der Waals surface area contributed by atoms with Gasteiger partial charge in [0.1, 0.15) is 6.04 Å². The predicted molar refractivity (Wildman–Crippen MR) is 117 cm³/mol. The zero-order chi connectivity index (χ0) is 20.9. The minimum Gasteiger partial charge on any atom is -0.351 e. The third-order valence-electron chi connectivity index (χ3n) is 5.43. The summed E-state index contributed by atoms with van der Waals surface area (Å²) in [6.45, 7) is 1.99.